The van der Waals surface area contributed by atoms with Crippen molar-refractivity contribution in [1.82, 2.24) is 47.8 Å². The van der Waals surface area contributed by atoms with E-state index < -0.39 is 11.4 Å². The van der Waals surface area contributed by atoms with Crippen LogP contribution in [0, 0.1) is 0 Å². The molecular weight excluding hydrogens is 636 g/mol. The van der Waals surface area contributed by atoms with E-state index in [9.17, 15) is 19.2 Å². The van der Waals surface area contributed by atoms with Crippen molar-refractivity contribution in [2.75, 3.05) is 0 Å². The third-order valence-electron chi connectivity index (χ3n) is 11.5. The highest BCUT2D eigenvalue weighted by Crippen LogP contribution is 2.50. The van der Waals surface area contributed by atoms with Crippen LogP contribution in [0.3, 0.4) is 0 Å². The molecule has 50 heavy (non-hydrogen) atoms. The van der Waals surface area contributed by atoms with Crippen molar-refractivity contribution in [2.45, 2.75) is 103 Å². The lowest BCUT2D eigenvalue weighted by Crippen LogP contribution is -2.37. The summed E-state index contributed by atoms with van der Waals surface area (Å²) in [6.45, 7) is 5.77. The van der Waals surface area contributed by atoms with E-state index in [1.54, 1.807) is 14.1 Å². The van der Waals surface area contributed by atoms with Crippen molar-refractivity contribution in [2.24, 2.45) is 28.2 Å². The predicted octanol–water partition coefficient (Wildman–Crippen LogP) is 3.42. The lowest BCUT2D eigenvalue weighted by molar-refractivity contribution is 0.421. The molecule has 0 N–H and O–H groups in total. The van der Waals surface area contributed by atoms with Gasteiger partial charge in [0, 0.05) is 75.3 Å². The van der Waals surface area contributed by atoms with Gasteiger partial charge in [-0.25, -0.2) is 9.59 Å². The van der Waals surface area contributed by atoms with Gasteiger partial charge in [0.2, 0.25) is 0 Å². The summed E-state index contributed by atoms with van der Waals surface area (Å²) < 4.78 is 9.83. The van der Waals surface area contributed by atoms with Crippen molar-refractivity contribution >= 4 is 44.1 Å². The third-order valence-corrected chi connectivity index (χ3v) is 11.5. The normalized spacial score (nSPS) is 18.2. The molecule has 0 bridgehead atoms. The molecule has 0 radical (unpaired) electrons. The Morgan fingerprint density at radius 2 is 0.900 bits per heavy atom. The molecule has 8 rings (SSSR count). The van der Waals surface area contributed by atoms with Crippen molar-refractivity contribution in [1.29, 1.82) is 0 Å². The molecule has 6 aromatic heterocycles. The Hall–Kier alpha value is -4.88. The lowest BCUT2D eigenvalue weighted by atomic mass is 9.80. The van der Waals surface area contributed by atoms with Crippen LogP contribution in [-0.4, -0.2) is 47.8 Å². The molecule has 0 amide bonds. The van der Waals surface area contributed by atoms with Gasteiger partial charge in [-0.1, -0.05) is 26.7 Å². The van der Waals surface area contributed by atoms with Crippen LogP contribution < -0.4 is 22.5 Å². The van der Waals surface area contributed by atoms with Crippen LogP contribution in [0.5, 0.6) is 0 Å². The fourth-order valence-electron chi connectivity index (χ4n) is 9.25. The number of rotatable bonds is 5. The Labute approximate surface area is 287 Å². The summed E-state index contributed by atoms with van der Waals surface area (Å²) in [6.07, 6.45) is 9.33. The topological polar surface area (TPSA) is 149 Å². The smallest absolute Gasteiger partial charge is 0.328 e. The van der Waals surface area contributed by atoms with Gasteiger partial charge in [-0.2, -0.15) is 0 Å². The number of hydrogen-bond acceptors (Lipinski definition) is 8. The molecule has 262 valence electrons. The van der Waals surface area contributed by atoms with Crippen LogP contribution >= 0.6 is 0 Å². The van der Waals surface area contributed by atoms with Crippen LogP contribution in [0.2, 0.25) is 0 Å². The van der Waals surface area contributed by atoms with E-state index in [0.717, 1.165) is 99.2 Å². The summed E-state index contributed by atoms with van der Waals surface area (Å²) in [5.41, 5.74) is 5.22. The average molecular weight is 681 g/mol. The highest BCUT2D eigenvalue weighted by atomic mass is 16.2. The van der Waals surface area contributed by atoms with Gasteiger partial charge in [-0.05, 0) is 62.5 Å². The highest BCUT2D eigenvalue weighted by Gasteiger charge is 2.39. The van der Waals surface area contributed by atoms with Gasteiger partial charge in [0.05, 0.1) is 10.8 Å². The summed E-state index contributed by atoms with van der Waals surface area (Å²) in [6, 6.07) is 0. The maximum Gasteiger partial charge on any atom is 0.332 e. The Kier molecular flexibility index (Phi) is 7.68. The van der Waals surface area contributed by atoms with Crippen molar-refractivity contribution in [3.8, 4) is 0 Å². The van der Waals surface area contributed by atoms with Crippen LogP contribution in [-0.2, 0) is 54.1 Å². The molecule has 2 aliphatic rings. The van der Waals surface area contributed by atoms with Crippen LogP contribution in [0.4, 0.5) is 0 Å². The fourth-order valence-corrected chi connectivity index (χ4v) is 9.25. The fraction of sp³-hybridized carbons (Fsp3) is 0.556. The average Bonchev–Trinajstić information content (AvgIpc) is 3.35. The minimum absolute atomic E-state index is 0.114. The lowest BCUT2D eigenvalue weighted by Gasteiger charge is -2.30. The highest BCUT2D eigenvalue weighted by molar-refractivity contribution is 6.05. The maximum absolute atomic E-state index is 13.9. The summed E-state index contributed by atoms with van der Waals surface area (Å²) in [5.74, 6) is 0.228. The van der Waals surface area contributed by atoms with Crippen LogP contribution in [0.1, 0.15) is 99.6 Å². The first-order valence-corrected chi connectivity index (χ1v) is 18.1. The van der Waals surface area contributed by atoms with Crippen LogP contribution in [0.25, 0.3) is 44.1 Å². The summed E-state index contributed by atoms with van der Waals surface area (Å²) >= 11 is 0. The Balaban J connectivity index is 1.48. The largest absolute Gasteiger partial charge is 0.332 e. The van der Waals surface area contributed by atoms with Gasteiger partial charge in [-0.15, -0.1) is 20.4 Å². The second-order valence-corrected chi connectivity index (χ2v) is 14.3. The van der Waals surface area contributed by atoms with E-state index in [-0.39, 0.29) is 23.0 Å². The second-order valence-electron chi connectivity index (χ2n) is 14.3. The molecule has 2 atom stereocenters. The van der Waals surface area contributed by atoms with Crippen LogP contribution in [0.15, 0.2) is 19.2 Å². The molecule has 6 aromatic rings. The van der Waals surface area contributed by atoms with E-state index in [1.807, 2.05) is 0 Å². The number of hydrogen-bond donors (Lipinski definition) is 0. The molecular formula is C36H44N10O4. The number of aromatic nitrogens is 10. The van der Waals surface area contributed by atoms with E-state index in [0.29, 0.717) is 33.4 Å². The third kappa shape index (κ3) is 4.32. The van der Waals surface area contributed by atoms with E-state index in [2.05, 4.69) is 33.2 Å². The SMILES string of the molecule is CCCn1c2c(c3c4c(=O)n(C)c(=O)n(C)c4nnc31)CCCCC2C1CCCCc2c1n(CCC)c1nnc3c(c(=O)n(C)c(=O)n3C)c21. The van der Waals surface area contributed by atoms with Gasteiger partial charge in [0.25, 0.3) is 11.1 Å². The Bertz CT molecular complexity index is 2450. The van der Waals surface area contributed by atoms with E-state index in [1.165, 1.54) is 43.8 Å². The number of fused-ring (bicyclic) bond motifs is 10. The van der Waals surface area contributed by atoms with Gasteiger partial charge < -0.3 is 9.13 Å². The van der Waals surface area contributed by atoms with Gasteiger partial charge >= 0.3 is 11.4 Å². The summed E-state index contributed by atoms with van der Waals surface area (Å²) in [4.78, 5) is 53.6. The Morgan fingerprint density at radius 3 is 1.28 bits per heavy atom. The maximum atomic E-state index is 13.9. The standard InChI is InChI=1S/C36H44N10O4/c1-7-17-45-27-19(13-9-11-15-21(27)23-25-29(37-39-31(23)45)41(3)35(49)43(5)33(25)47)20-14-10-12-16-22-24-26-30(42(4)36(50)44(6)34(26)48)38-40-32(24)46(18-8-2)28(20)22/h19-20H,7-18H2,1-6H3. The van der Waals surface area contributed by atoms with Gasteiger partial charge in [0.15, 0.2) is 22.6 Å². The molecule has 0 saturated heterocycles. The molecule has 0 aliphatic heterocycles. The molecule has 6 heterocycles. The molecule has 0 spiro atoms. The van der Waals surface area contributed by atoms with Crippen molar-refractivity contribution < 1.29 is 0 Å². The molecule has 0 fully saturated rings. The molecule has 14 heteroatoms. The summed E-state index contributed by atoms with van der Waals surface area (Å²) in [5, 5.41) is 21.0. The van der Waals surface area contributed by atoms with E-state index in [4.69, 9.17) is 10.2 Å². The first-order valence-electron chi connectivity index (χ1n) is 18.1. The van der Waals surface area contributed by atoms with E-state index >= 15 is 0 Å². The quantitative estimate of drug-likeness (QED) is 0.252. The molecule has 14 nitrogen and oxygen atoms in total. The van der Waals surface area contributed by atoms with Gasteiger partial charge in [-0.3, -0.25) is 27.9 Å². The summed E-state index contributed by atoms with van der Waals surface area (Å²) in [7, 11) is 6.34. The van der Waals surface area contributed by atoms with Gasteiger partial charge in [0.1, 0.15) is 0 Å². The minimum atomic E-state index is -0.423. The molecule has 2 aliphatic carbocycles. The zero-order chi connectivity index (χ0) is 35.2. The first-order chi connectivity index (χ1) is 24.1. The van der Waals surface area contributed by atoms with Crippen molar-refractivity contribution in [3.05, 3.63) is 64.2 Å². The molecule has 0 saturated carbocycles. The number of nitrogens with zero attached hydrogens (tertiary/aromatic N) is 10. The Morgan fingerprint density at radius 1 is 0.520 bits per heavy atom. The van der Waals surface area contributed by atoms with Crippen molar-refractivity contribution in [3.63, 3.8) is 0 Å². The molecule has 2 unspecified atom stereocenters. The first kappa shape index (κ1) is 32.3. The predicted molar refractivity (Wildman–Crippen MR) is 192 cm³/mol. The number of aryl methyl sites for hydroxylation is 6. The zero-order valence-electron chi connectivity index (χ0n) is 29.7. The zero-order valence-corrected chi connectivity index (χ0v) is 29.7. The monoisotopic (exact) mass is 680 g/mol. The second kappa shape index (κ2) is 11.9. The molecule has 0 aromatic carbocycles. The minimum Gasteiger partial charge on any atom is -0.328 e.